The van der Waals surface area contributed by atoms with Gasteiger partial charge in [-0.2, -0.15) is 0 Å². The first kappa shape index (κ1) is 23.9. The van der Waals surface area contributed by atoms with E-state index in [1.54, 1.807) is 23.7 Å². The second kappa shape index (κ2) is 9.32. The summed E-state index contributed by atoms with van der Waals surface area (Å²) in [5.74, 6) is -1.63. The summed E-state index contributed by atoms with van der Waals surface area (Å²) in [5, 5.41) is 16.3. The lowest BCUT2D eigenvalue weighted by molar-refractivity contribution is -0.143. The van der Waals surface area contributed by atoms with E-state index in [0.717, 1.165) is 17.5 Å². The van der Waals surface area contributed by atoms with Crippen molar-refractivity contribution in [1.82, 2.24) is 15.5 Å². The van der Waals surface area contributed by atoms with Gasteiger partial charge in [-0.05, 0) is 23.5 Å². The fourth-order valence-electron chi connectivity index (χ4n) is 6.47. The third-order valence-corrected chi connectivity index (χ3v) is 10.1. The van der Waals surface area contributed by atoms with Crippen molar-refractivity contribution in [2.24, 2.45) is 17.8 Å². The Bertz CT molecular complexity index is 1110. The lowest BCUT2D eigenvalue weighted by atomic mass is 9.66. The van der Waals surface area contributed by atoms with Crippen molar-refractivity contribution in [2.75, 3.05) is 13.7 Å². The number of hydrogen-bond acceptors (Lipinski definition) is 5. The highest BCUT2D eigenvalue weighted by atomic mass is 32.2. The van der Waals surface area contributed by atoms with Gasteiger partial charge in [-0.25, -0.2) is 0 Å². The molecule has 7 nitrogen and oxygen atoms in total. The van der Waals surface area contributed by atoms with Crippen LogP contribution in [0.25, 0.3) is 0 Å². The van der Waals surface area contributed by atoms with Gasteiger partial charge in [0, 0.05) is 18.8 Å². The molecule has 1 spiro atoms. The number of amides is 3. The van der Waals surface area contributed by atoms with E-state index in [0.29, 0.717) is 6.54 Å². The van der Waals surface area contributed by atoms with Crippen molar-refractivity contribution in [3.8, 4) is 0 Å². The van der Waals surface area contributed by atoms with Crippen molar-refractivity contribution in [3.63, 3.8) is 0 Å². The van der Waals surface area contributed by atoms with E-state index >= 15 is 0 Å². The maximum Gasteiger partial charge on any atom is 0.244 e. The summed E-state index contributed by atoms with van der Waals surface area (Å²) in [7, 11) is 1.59. The molecule has 3 heterocycles. The number of fused-ring (bicyclic) bond motifs is 1. The Balaban J connectivity index is 1.57. The third-order valence-electron chi connectivity index (χ3n) is 7.98. The molecular formula is C27H31N3O4S. The van der Waals surface area contributed by atoms with Crippen LogP contribution in [0, 0.1) is 17.8 Å². The maximum atomic E-state index is 14.2. The molecule has 2 aromatic rings. The van der Waals surface area contributed by atoms with Crippen LogP contribution in [-0.2, 0) is 20.9 Å². The van der Waals surface area contributed by atoms with Crippen molar-refractivity contribution in [2.45, 2.75) is 42.0 Å². The van der Waals surface area contributed by atoms with Gasteiger partial charge >= 0.3 is 0 Å². The summed E-state index contributed by atoms with van der Waals surface area (Å²) < 4.78 is -0.720. The molecule has 3 amide bonds. The Morgan fingerprint density at radius 2 is 1.77 bits per heavy atom. The summed E-state index contributed by atoms with van der Waals surface area (Å²) in [5.41, 5.74) is 1.73. The summed E-state index contributed by atoms with van der Waals surface area (Å²) in [4.78, 5) is 42.6. The van der Waals surface area contributed by atoms with E-state index < -0.39 is 28.7 Å². The smallest absolute Gasteiger partial charge is 0.244 e. The van der Waals surface area contributed by atoms with E-state index in [1.165, 1.54) is 0 Å². The number of rotatable bonds is 7. The van der Waals surface area contributed by atoms with Crippen LogP contribution < -0.4 is 10.6 Å². The molecule has 3 unspecified atom stereocenters. The predicted molar refractivity (Wildman–Crippen MR) is 134 cm³/mol. The number of nitrogens with one attached hydrogen (secondary N) is 2. The first-order valence-corrected chi connectivity index (χ1v) is 13.0. The predicted octanol–water partition coefficient (Wildman–Crippen LogP) is 2.12. The highest BCUT2D eigenvalue weighted by molar-refractivity contribution is 8.02. The minimum Gasteiger partial charge on any atom is -0.394 e. The molecule has 3 N–H and O–H groups in total. The Morgan fingerprint density at radius 3 is 2.40 bits per heavy atom. The molecule has 3 aliphatic heterocycles. The van der Waals surface area contributed by atoms with Crippen LogP contribution in [0.15, 0.2) is 60.7 Å². The minimum atomic E-state index is -0.791. The van der Waals surface area contributed by atoms with Gasteiger partial charge in [0.15, 0.2) is 0 Å². The van der Waals surface area contributed by atoms with Crippen molar-refractivity contribution in [3.05, 3.63) is 71.8 Å². The van der Waals surface area contributed by atoms with Gasteiger partial charge in [0.1, 0.15) is 6.04 Å². The number of benzene rings is 2. The average Bonchev–Trinajstić information content (AvgIpc) is 3.48. The number of carbonyl (C=O) groups is 3. The summed E-state index contributed by atoms with van der Waals surface area (Å²) in [6.07, 6.45) is 0.776. The molecule has 5 rings (SSSR count). The Labute approximate surface area is 209 Å². The molecular weight excluding hydrogens is 462 g/mol. The summed E-state index contributed by atoms with van der Waals surface area (Å²) >= 11 is 1.63. The van der Waals surface area contributed by atoms with E-state index in [9.17, 15) is 19.5 Å². The molecule has 3 saturated heterocycles. The highest BCUT2D eigenvalue weighted by Gasteiger charge is 2.76. The van der Waals surface area contributed by atoms with Gasteiger partial charge in [-0.1, -0.05) is 67.6 Å². The normalized spacial score (nSPS) is 31.8. The Kier molecular flexibility index (Phi) is 6.36. The first-order valence-electron chi connectivity index (χ1n) is 12.1. The maximum absolute atomic E-state index is 14.2. The van der Waals surface area contributed by atoms with E-state index in [-0.39, 0.29) is 35.5 Å². The quantitative estimate of drug-likeness (QED) is 0.549. The monoisotopic (exact) mass is 493 g/mol. The zero-order valence-electron chi connectivity index (χ0n) is 19.9. The molecule has 35 heavy (non-hydrogen) atoms. The van der Waals surface area contributed by atoms with Gasteiger partial charge in [-0.3, -0.25) is 14.4 Å². The Hall–Kier alpha value is -2.84. The number of aliphatic hydroxyl groups is 1. The molecule has 2 aromatic carbocycles. The van der Waals surface area contributed by atoms with Crippen molar-refractivity contribution in [1.29, 1.82) is 0 Å². The van der Waals surface area contributed by atoms with Crippen LogP contribution in [0.5, 0.6) is 0 Å². The lowest BCUT2D eigenvalue weighted by Crippen LogP contribution is -2.57. The van der Waals surface area contributed by atoms with Gasteiger partial charge < -0.3 is 20.6 Å². The topological polar surface area (TPSA) is 98.7 Å². The summed E-state index contributed by atoms with van der Waals surface area (Å²) in [6, 6.07) is 17.5. The van der Waals surface area contributed by atoms with Gasteiger partial charge in [0.2, 0.25) is 17.7 Å². The molecule has 0 saturated carbocycles. The number of hydrogen-bond donors (Lipinski definition) is 3. The number of thioether (sulfide) groups is 1. The number of carbonyl (C=O) groups excluding carboxylic acids is 3. The van der Waals surface area contributed by atoms with E-state index in [1.807, 2.05) is 60.7 Å². The zero-order valence-corrected chi connectivity index (χ0v) is 20.7. The number of aliphatic hydroxyl groups excluding tert-OH is 1. The molecule has 8 heteroatoms. The van der Waals surface area contributed by atoms with Crippen LogP contribution in [0.4, 0.5) is 0 Å². The van der Waals surface area contributed by atoms with Crippen molar-refractivity contribution < 1.29 is 19.5 Å². The van der Waals surface area contributed by atoms with E-state index in [2.05, 4.69) is 17.6 Å². The van der Waals surface area contributed by atoms with Crippen molar-refractivity contribution >= 4 is 29.5 Å². The van der Waals surface area contributed by atoms with Gasteiger partial charge in [0.05, 0.1) is 29.2 Å². The zero-order chi connectivity index (χ0) is 24.7. The molecule has 184 valence electrons. The SMILES string of the molecule is CNC(=O)[C@@H]1[C@H]2C(=O)N([C@H](CO)c3ccccc3)C(C(=O)NCc3ccccc3)C23S[C@@H]1CC3C. The molecule has 0 aromatic heterocycles. The van der Waals surface area contributed by atoms with Crippen LogP contribution in [-0.4, -0.2) is 57.4 Å². The molecule has 3 fully saturated rings. The molecule has 2 bridgehead atoms. The standard InChI is InChI=1S/C27H31N3O4S/c1-16-13-20-21(24(32)28-2)22-26(34)30(19(15-31)18-11-7-4-8-12-18)23(27(16,22)35-20)25(33)29-14-17-9-5-3-6-10-17/h3-12,16,19-23,31H,13-15H2,1-2H3,(H,28,32)(H,29,33)/t16?,19-,20-,21+,22+,23?,27?/m1/s1. The lowest BCUT2D eigenvalue weighted by Gasteiger charge is -2.40. The number of likely N-dealkylation sites (tertiary alicyclic amines) is 1. The summed E-state index contributed by atoms with van der Waals surface area (Å²) in [6.45, 7) is 2.12. The van der Waals surface area contributed by atoms with Crippen LogP contribution in [0.1, 0.15) is 30.5 Å². The largest absolute Gasteiger partial charge is 0.394 e. The van der Waals surface area contributed by atoms with Gasteiger partial charge in [-0.15, -0.1) is 11.8 Å². The second-order valence-corrected chi connectivity index (χ2v) is 11.3. The molecule has 3 aliphatic rings. The number of nitrogens with zero attached hydrogens (tertiary/aromatic N) is 1. The van der Waals surface area contributed by atoms with Crippen LogP contribution in [0.3, 0.4) is 0 Å². The fourth-order valence-corrected chi connectivity index (χ4v) is 8.88. The second-order valence-electron chi connectivity index (χ2n) is 9.72. The van der Waals surface area contributed by atoms with Gasteiger partial charge in [0.25, 0.3) is 0 Å². The minimum absolute atomic E-state index is 0.00484. The highest BCUT2D eigenvalue weighted by Crippen LogP contribution is 2.69. The fraction of sp³-hybridized carbons (Fsp3) is 0.444. The van der Waals surface area contributed by atoms with Crippen LogP contribution in [0.2, 0.25) is 0 Å². The molecule has 0 radical (unpaired) electrons. The first-order chi connectivity index (χ1) is 16.9. The van der Waals surface area contributed by atoms with E-state index in [4.69, 9.17) is 0 Å². The van der Waals surface area contributed by atoms with Crippen LogP contribution >= 0.6 is 11.8 Å². The average molecular weight is 494 g/mol. The molecule has 0 aliphatic carbocycles. The third kappa shape index (κ3) is 3.65. The molecule has 7 atom stereocenters. The Morgan fingerprint density at radius 1 is 1.11 bits per heavy atom.